The van der Waals surface area contributed by atoms with E-state index < -0.39 is 4.92 Å². The average Bonchev–Trinajstić information content (AvgIpc) is 2.70. The molecular weight excluding hydrogens is 228 g/mol. The number of hydrogen-bond acceptors (Lipinski definition) is 5. The molecule has 2 aromatic rings. The Hall–Kier alpha value is -2.08. The van der Waals surface area contributed by atoms with Crippen LogP contribution in [0.3, 0.4) is 0 Å². The number of nitro groups is 1. The largest absolute Gasteiger partial charge is 0.507 e. The highest BCUT2D eigenvalue weighted by molar-refractivity contribution is 7.13. The summed E-state index contributed by atoms with van der Waals surface area (Å²) in [5.74, 6) is 0.0573. The topological polar surface area (TPSA) is 89.4 Å². The molecule has 0 atom stereocenters. The SMILES string of the molecule is Nc1ccc(O)c(-c2csc([N+](=O)[O-])c2)c1. The van der Waals surface area contributed by atoms with Gasteiger partial charge in [-0.05, 0) is 18.2 Å². The quantitative estimate of drug-likeness (QED) is 0.363. The second-order valence-electron chi connectivity index (χ2n) is 3.21. The molecule has 1 aromatic carbocycles. The fraction of sp³-hybridized carbons (Fsp3) is 0. The van der Waals surface area contributed by atoms with Gasteiger partial charge in [0.05, 0.1) is 4.92 Å². The van der Waals surface area contributed by atoms with E-state index in [2.05, 4.69) is 0 Å². The molecule has 0 radical (unpaired) electrons. The van der Waals surface area contributed by atoms with Crippen molar-refractivity contribution in [1.29, 1.82) is 0 Å². The van der Waals surface area contributed by atoms with Crippen molar-refractivity contribution < 1.29 is 10.0 Å². The molecule has 5 nitrogen and oxygen atoms in total. The molecule has 0 unspecified atom stereocenters. The van der Waals surface area contributed by atoms with Crippen LogP contribution in [0, 0.1) is 10.1 Å². The van der Waals surface area contributed by atoms with Crippen molar-refractivity contribution in [3.63, 3.8) is 0 Å². The van der Waals surface area contributed by atoms with E-state index in [0.717, 1.165) is 11.3 Å². The van der Waals surface area contributed by atoms with Gasteiger partial charge < -0.3 is 10.8 Å². The first kappa shape index (κ1) is 10.4. The van der Waals surface area contributed by atoms with E-state index >= 15 is 0 Å². The molecule has 6 heteroatoms. The minimum Gasteiger partial charge on any atom is -0.507 e. The van der Waals surface area contributed by atoms with Crippen LogP contribution in [0.15, 0.2) is 29.6 Å². The Morgan fingerprint density at radius 2 is 2.12 bits per heavy atom. The van der Waals surface area contributed by atoms with Crippen molar-refractivity contribution in [2.75, 3.05) is 5.73 Å². The predicted molar refractivity (Wildman–Crippen MR) is 62.5 cm³/mol. The second kappa shape index (κ2) is 3.82. The van der Waals surface area contributed by atoms with Crippen LogP contribution in [-0.2, 0) is 0 Å². The molecule has 82 valence electrons. The molecule has 0 fully saturated rings. The highest BCUT2D eigenvalue weighted by Crippen LogP contribution is 2.36. The fourth-order valence-corrected chi connectivity index (χ4v) is 2.07. The van der Waals surface area contributed by atoms with E-state index in [9.17, 15) is 15.2 Å². The van der Waals surface area contributed by atoms with Gasteiger partial charge in [-0.2, -0.15) is 0 Å². The number of aromatic hydroxyl groups is 1. The van der Waals surface area contributed by atoms with E-state index in [1.165, 1.54) is 12.1 Å². The summed E-state index contributed by atoms with van der Waals surface area (Å²) >= 11 is 1.02. The number of nitrogens with two attached hydrogens (primary N) is 1. The third-order valence-corrected chi connectivity index (χ3v) is 2.98. The van der Waals surface area contributed by atoms with Crippen LogP contribution >= 0.6 is 11.3 Å². The minimum atomic E-state index is -0.461. The molecule has 3 N–H and O–H groups in total. The number of nitrogen functional groups attached to an aromatic ring is 1. The maximum absolute atomic E-state index is 10.5. The summed E-state index contributed by atoms with van der Waals surface area (Å²) in [5.41, 5.74) is 7.19. The number of nitrogens with zero attached hydrogens (tertiary/aromatic N) is 1. The Kier molecular flexibility index (Phi) is 2.49. The summed E-state index contributed by atoms with van der Waals surface area (Å²) in [5, 5.41) is 21.8. The van der Waals surface area contributed by atoms with E-state index in [1.54, 1.807) is 17.5 Å². The molecule has 16 heavy (non-hydrogen) atoms. The second-order valence-corrected chi connectivity index (χ2v) is 4.10. The fourth-order valence-electron chi connectivity index (χ4n) is 1.35. The Morgan fingerprint density at radius 3 is 2.75 bits per heavy atom. The van der Waals surface area contributed by atoms with Crippen molar-refractivity contribution in [2.45, 2.75) is 0 Å². The van der Waals surface area contributed by atoms with E-state index in [0.29, 0.717) is 16.8 Å². The number of phenols is 1. The smallest absolute Gasteiger partial charge is 0.324 e. The molecule has 2 rings (SSSR count). The van der Waals surface area contributed by atoms with Gasteiger partial charge >= 0.3 is 5.00 Å². The molecule has 0 aliphatic heterocycles. The van der Waals surface area contributed by atoms with Crippen LogP contribution in [0.1, 0.15) is 0 Å². The first-order valence-corrected chi connectivity index (χ1v) is 5.27. The lowest BCUT2D eigenvalue weighted by Crippen LogP contribution is -1.85. The van der Waals surface area contributed by atoms with E-state index in [-0.39, 0.29) is 10.8 Å². The normalized spacial score (nSPS) is 10.2. The Labute approximate surface area is 94.9 Å². The third kappa shape index (κ3) is 1.82. The van der Waals surface area contributed by atoms with E-state index in [4.69, 9.17) is 5.73 Å². The third-order valence-electron chi connectivity index (χ3n) is 2.10. The Balaban J connectivity index is 2.50. The van der Waals surface area contributed by atoms with Gasteiger partial charge in [0.15, 0.2) is 0 Å². The molecule has 0 aliphatic rings. The number of hydrogen-bond donors (Lipinski definition) is 2. The van der Waals surface area contributed by atoms with Gasteiger partial charge in [0.2, 0.25) is 0 Å². The van der Waals surface area contributed by atoms with Crippen LogP contribution in [0.2, 0.25) is 0 Å². The standard InChI is InChI=1S/C10H8N2O3S/c11-7-1-2-9(13)8(4-7)6-3-10(12(14)15)16-5-6/h1-5,13H,11H2. The van der Waals surface area contributed by atoms with Crippen molar-refractivity contribution in [3.05, 3.63) is 39.8 Å². The number of phenolic OH excluding ortho intramolecular Hbond substituents is 1. The van der Waals surface area contributed by atoms with Crippen molar-refractivity contribution >= 4 is 22.0 Å². The number of benzene rings is 1. The summed E-state index contributed by atoms with van der Waals surface area (Å²) in [6.07, 6.45) is 0. The van der Waals surface area contributed by atoms with Gasteiger partial charge in [-0.3, -0.25) is 10.1 Å². The van der Waals surface area contributed by atoms with Gasteiger partial charge in [-0.1, -0.05) is 11.3 Å². The molecule has 0 saturated heterocycles. The summed E-state index contributed by atoms with van der Waals surface area (Å²) in [4.78, 5) is 10.1. The van der Waals surface area contributed by atoms with Gasteiger partial charge in [0, 0.05) is 28.3 Å². The summed E-state index contributed by atoms with van der Waals surface area (Å²) < 4.78 is 0. The number of anilines is 1. The van der Waals surface area contributed by atoms with Gasteiger partial charge in [-0.15, -0.1) is 0 Å². The highest BCUT2D eigenvalue weighted by Gasteiger charge is 2.13. The van der Waals surface area contributed by atoms with Crippen molar-refractivity contribution in [1.82, 2.24) is 0 Å². The number of thiophene rings is 1. The first-order chi connectivity index (χ1) is 7.58. The Bertz CT molecular complexity index is 551. The lowest BCUT2D eigenvalue weighted by molar-refractivity contribution is -0.380. The maximum atomic E-state index is 10.5. The van der Waals surface area contributed by atoms with Crippen LogP contribution in [0.25, 0.3) is 11.1 Å². The summed E-state index contributed by atoms with van der Waals surface area (Å²) in [6, 6.07) is 6.04. The predicted octanol–water partition coefficient (Wildman–Crippen LogP) is 2.61. The first-order valence-electron chi connectivity index (χ1n) is 4.39. The average molecular weight is 236 g/mol. The van der Waals surface area contributed by atoms with Crippen LogP contribution in [-0.4, -0.2) is 10.0 Å². The lowest BCUT2D eigenvalue weighted by Gasteiger charge is -2.02. The Morgan fingerprint density at radius 1 is 1.38 bits per heavy atom. The molecule has 0 amide bonds. The summed E-state index contributed by atoms with van der Waals surface area (Å²) in [7, 11) is 0. The van der Waals surface area contributed by atoms with E-state index in [1.807, 2.05) is 0 Å². The molecule has 0 saturated carbocycles. The van der Waals surface area contributed by atoms with Crippen molar-refractivity contribution in [2.24, 2.45) is 0 Å². The molecule has 1 heterocycles. The zero-order chi connectivity index (χ0) is 11.7. The molecule has 1 aromatic heterocycles. The molecule has 0 aliphatic carbocycles. The zero-order valence-corrected chi connectivity index (χ0v) is 8.90. The van der Waals surface area contributed by atoms with Gasteiger partial charge in [0.1, 0.15) is 5.75 Å². The highest BCUT2D eigenvalue weighted by atomic mass is 32.1. The van der Waals surface area contributed by atoms with Crippen LogP contribution < -0.4 is 5.73 Å². The zero-order valence-electron chi connectivity index (χ0n) is 8.08. The van der Waals surface area contributed by atoms with Crippen molar-refractivity contribution in [3.8, 4) is 16.9 Å². The minimum absolute atomic E-state index is 0.0387. The molecule has 0 spiro atoms. The van der Waals surface area contributed by atoms with Gasteiger partial charge in [0.25, 0.3) is 0 Å². The number of rotatable bonds is 2. The van der Waals surface area contributed by atoms with Gasteiger partial charge in [-0.25, -0.2) is 0 Å². The molecular formula is C10H8N2O3S. The summed E-state index contributed by atoms with van der Waals surface area (Å²) in [6.45, 7) is 0. The maximum Gasteiger partial charge on any atom is 0.324 e. The molecule has 0 bridgehead atoms. The monoisotopic (exact) mass is 236 g/mol. The van der Waals surface area contributed by atoms with Crippen LogP contribution in [0.5, 0.6) is 5.75 Å². The van der Waals surface area contributed by atoms with Crippen LogP contribution in [0.4, 0.5) is 10.7 Å². The lowest BCUT2D eigenvalue weighted by atomic mass is 10.1.